The van der Waals surface area contributed by atoms with Gasteiger partial charge in [-0.15, -0.1) is 0 Å². The van der Waals surface area contributed by atoms with Gasteiger partial charge >= 0.3 is 0 Å². The Hall–Kier alpha value is -3.67. The molecule has 3 rings (SSSR count). The van der Waals surface area contributed by atoms with E-state index in [1.165, 1.54) is 55.5 Å². The van der Waals surface area contributed by atoms with Gasteiger partial charge in [-0.3, -0.25) is 19.0 Å². The van der Waals surface area contributed by atoms with Crippen LogP contribution in [0.25, 0.3) is 10.8 Å². The number of nitroso groups, excluding NO2 is 1. The summed E-state index contributed by atoms with van der Waals surface area (Å²) < 4.78 is 39.7. The number of benzene rings is 3. The zero-order valence-corrected chi connectivity index (χ0v) is 21.2. The van der Waals surface area contributed by atoms with Gasteiger partial charge in [-0.25, -0.2) is 0 Å². The van der Waals surface area contributed by atoms with Crippen LogP contribution in [0.1, 0.15) is 24.2 Å². The van der Waals surface area contributed by atoms with Gasteiger partial charge < -0.3 is 10.1 Å². The standard InChI is InChI=1S/C25H27N3O7S/c1-16(2)26-24(29)22(15-35-4)28(25(30)17-8-5-9-18(14-17)27(3)31)21-12-6-11-20-19(21)10-7-13-23(20)36(32,33)34/h5-14,16,22H,15H2,1-4H3,(H-,26,29,32,33,34)/p+1. The molecule has 2 N–H and O–H groups in total. The fourth-order valence-electron chi connectivity index (χ4n) is 3.90. The second-order valence-electron chi connectivity index (χ2n) is 8.46. The number of ether oxygens (including phenoxy) is 1. The highest BCUT2D eigenvalue weighted by atomic mass is 32.2. The zero-order chi connectivity index (χ0) is 26.6. The highest BCUT2D eigenvalue weighted by Crippen LogP contribution is 2.33. The van der Waals surface area contributed by atoms with E-state index in [1.54, 1.807) is 38.1 Å². The van der Waals surface area contributed by atoms with E-state index in [2.05, 4.69) is 5.32 Å². The largest absolute Gasteiger partial charge is 0.382 e. The molecule has 1 unspecified atom stereocenters. The van der Waals surface area contributed by atoms with E-state index in [1.807, 2.05) is 0 Å². The second kappa shape index (κ2) is 10.9. The molecule has 0 radical (unpaired) electrons. The SMILES string of the molecule is COCC(C(=O)NC(C)C)N(C(=O)c1cccc([N+](C)=O)c1)c1cccc2c(S(=O)(=O)O)cccc12. The van der Waals surface area contributed by atoms with Crippen LogP contribution in [-0.4, -0.2) is 62.4 Å². The minimum atomic E-state index is -4.57. The van der Waals surface area contributed by atoms with Gasteiger partial charge in [0.05, 0.1) is 12.3 Å². The molecule has 0 heterocycles. The van der Waals surface area contributed by atoms with Crippen molar-refractivity contribution in [3.05, 3.63) is 71.1 Å². The summed E-state index contributed by atoms with van der Waals surface area (Å²) in [6, 6.07) is 13.5. The first kappa shape index (κ1) is 26.9. The average Bonchev–Trinajstić information content (AvgIpc) is 2.82. The van der Waals surface area contributed by atoms with E-state index < -0.39 is 28.0 Å². The first-order valence-electron chi connectivity index (χ1n) is 11.1. The molecule has 0 aromatic heterocycles. The summed E-state index contributed by atoms with van der Waals surface area (Å²) in [6.07, 6.45) is 0. The van der Waals surface area contributed by atoms with Crippen LogP contribution >= 0.6 is 0 Å². The number of nitrogens with one attached hydrogen (secondary N) is 1. The number of carbonyl (C=O) groups is 2. The van der Waals surface area contributed by atoms with Crippen molar-refractivity contribution >= 4 is 44.1 Å². The Kier molecular flexibility index (Phi) is 8.18. The fourth-order valence-corrected chi connectivity index (χ4v) is 4.60. The summed E-state index contributed by atoms with van der Waals surface area (Å²) in [5.41, 5.74) is 0.601. The third-order valence-corrected chi connectivity index (χ3v) is 6.35. The van der Waals surface area contributed by atoms with E-state index >= 15 is 0 Å². The summed E-state index contributed by atoms with van der Waals surface area (Å²) in [4.78, 5) is 40.0. The molecular formula is C25H28N3O7S+. The maximum absolute atomic E-state index is 14.0. The number of hydrogen-bond donors (Lipinski definition) is 2. The van der Waals surface area contributed by atoms with E-state index in [0.717, 1.165) is 0 Å². The molecule has 190 valence electrons. The van der Waals surface area contributed by atoms with Crippen molar-refractivity contribution in [3.63, 3.8) is 0 Å². The number of anilines is 1. The first-order valence-corrected chi connectivity index (χ1v) is 12.5. The van der Waals surface area contributed by atoms with Crippen molar-refractivity contribution in [3.8, 4) is 0 Å². The molecule has 0 saturated carbocycles. The van der Waals surface area contributed by atoms with Crippen LogP contribution in [-0.2, 0) is 19.6 Å². The number of fused-ring (bicyclic) bond motifs is 1. The number of nitrogens with zero attached hydrogens (tertiary/aromatic N) is 2. The van der Waals surface area contributed by atoms with Crippen LogP contribution < -0.4 is 10.2 Å². The normalized spacial score (nSPS) is 12.4. The molecule has 1 atom stereocenters. The van der Waals surface area contributed by atoms with E-state index in [9.17, 15) is 27.5 Å². The summed E-state index contributed by atoms with van der Waals surface area (Å²) in [5.74, 6) is -1.09. The molecule has 36 heavy (non-hydrogen) atoms. The number of carbonyl (C=O) groups excluding carboxylic acids is 2. The minimum absolute atomic E-state index is 0.136. The highest BCUT2D eigenvalue weighted by Gasteiger charge is 2.34. The fraction of sp³-hybridized carbons (Fsp3) is 0.280. The molecule has 0 aliphatic heterocycles. The predicted octanol–water partition coefficient (Wildman–Crippen LogP) is 3.31. The molecule has 0 fully saturated rings. The van der Waals surface area contributed by atoms with Gasteiger partial charge in [-0.05, 0) is 32.0 Å². The van der Waals surface area contributed by atoms with Crippen LogP contribution in [0, 0.1) is 4.91 Å². The minimum Gasteiger partial charge on any atom is -0.382 e. The highest BCUT2D eigenvalue weighted by molar-refractivity contribution is 7.86. The van der Waals surface area contributed by atoms with Gasteiger partial charge in [0, 0.05) is 51.3 Å². The Bertz CT molecular complexity index is 1420. The molecule has 2 amide bonds. The molecule has 0 bridgehead atoms. The molecule has 0 aliphatic carbocycles. The maximum atomic E-state index is 14.0. The lowest BCUT2D eigenvalue weighted by atomic mass is 10.0. The summed E-state index contributed by atoms with van der Waals surface area (Å²) in [5, 5.41) is 3.28. The molecular weight excluding hydrogens is 486 g/mol. The van der Waals surface area contributed by atoms with Crippen molar-refractivity contribution in [1.82, 2.24) is 5.32 Å². The predicted molar refractivity (Wildman–Crippen MR) is 135 cm³/mol. The Morgan fingerprint density at radius 1 is 1.06 bits per heavy atom. The third kappa shape index (κ3) is 5.76. The monoisotopic (exact) mass is 514 g/mol. The Labute approximate surface area is 209 Å². The molecule has 0 saturated heterocycles. The van der Waals surface area contributed by atoms with Gasteiger partial charge in [0.15, 0.2) is 7.05 Å². The van der Waals surface area contributed by atoms with Gasteiger partial charge in [0.25, 0.3) is 21.7 Å². The van der Waals surface area contributed by atoms with Crippen LogP contribution in [0.4, 0.5) is 11.4 Å². The number of methoxy groups -OCH3 is 1. The zero-order valence-electron chi connectivity index (χ0n) is 20.3. The van der Waals surface area contributed by atoms with Gasteiger partial charge in [0.2, 0.25) is 5.91 Å². The van der Waals surface area contributed by atoms with Crippen LogP contribution in [0.2, 0.25) is 0 Å². The quantitative estimate of drug-likeness (QED) is 0.331. The lowest BCUT2D eigenvalue weighted by Crippen LogP contribution is -2.53. The van der Waals surface area contributed by atoms with Crippen LogP contribution in [0.15, 0.2) is 65.6 Å². The molecule has 0 aliphatic rings. The van der Waals surface area contributed by atoms with E-state index in [-0.39, 0.29) is 39.9 Å². The summed E-state index contributed by atoms with van der Waals surface area (Å²) >= 11 is 0. The molecule has 11 heteroatoms. The lowest BCUT2D eigenvalue weighted by molar-refractivity contribution is -0.428. The summed E-state index contributed by atoms with van der Waals surface area (Å²) in [7, 11) is -1.88. The molecule has 3 aromatic rings. The average molecular weight is 515 g/mol. The molecule has 0 spiro atoms. The first-order chi connectivity index (χ1) is 17.0. The van der Waals surface area contributed by atoms with Crippen molar-refractivity contribution in [1.29, 1.82) is 0 Å². The Balaban J connectivity index is 2.31. The van der Waals surface area contributed by atoms with E-state index in [0.29, 0.717) is 10.1 Å². The van der Waals surface area contributed by atoms with Crippen molar-refractivity contribution < 1.29 is 32.1 Å². The Morgan fingerprint density at radius 2 is 1.69 bits per heavy atom. The maximum Gasteiger partial charge on any atom is 0.295 e. The third-order valence-electron chi connectivity index (χ3n) is 5.44. The van der Waals surface area contributed by atoms with Gasteiger partial charge in [-0.1, -0.05) is 30.3 Å². The second-order valence-corrected chi connectivity index (χ2v) is 9.85. The lowest BCUT2D eigenvalue weighted by Gasteiger charge is -2.32. The van der Waals surface area contributed by atoms with Crippen LogP contribution in [0.5, 0.6) is 0 Å². The van der Waals surface area contributed by atoms with Crippen LogP contribution in [0.3, 0.4) is 0 Å². The van der Waals surface area contributed by atoms with Crippen molar-refractivity contribution in [2.45, 2.75) is 30.8 Å². The Morgan fingerprint density at radius 3 is 2.31 bits per heavy atom. The number of hydrogen-bond acceptors (Lipinski definition) is 6. The number of amides is 2. The van der Waals surface area contributed by atoms with Crippen molar-refractivity contribution in [2.75, 3.05) is 25.7 Å². The van der Waals surface area contributed by atoms with Gasteiger partial charge in [0.1, 0.15) is 10.9 Å². The molecule has 10 nitrogen and oxygen atoms in total. The molecule has 3 aromatic carbocycles. The van der Waals surface area contributed by atoms with Crippen molar-refractivity contribution in [2.24, 2.45) is 0 Å². The topological polar surface area (TPSA) is 133 Å². The number of rotatable bonds is 9. The smallest absolute Gasteiger partial charge is 0.295 e. The van der Waals surface area contributed by atoms with Gasteiger partial charge in [-0.2, -0.15) is 8.42 Å². The van der Waals surface area contributed by atoms with E-state index in [4.69, 9.17) is 4.74 Å². The summed E-state index contributed by atoms with van der Waals surface area (Å²) in [6.45, 7) is 3.38.